The van der Waals surface area contributed by atoms with Crippen molar-refractivity contribution in [2.24, 2.45) is 5.41 Å². The number of aliphatic carboxylic acids is 1. The maximum Gasteiger partial charge on any atom is 0.326 e. The fourth-order valence-electron chi connectivity index (χ4n) is 5.69. The molecule has 0 heterocycles. The Bertz CT molecular complexity index is 1370. The molecular weight excluding hydrogens is 644 g/mol. The molecule has 51 heavy (non-hydrogen) atoms. The molecule has 0 saturated carbocycles. The second-order valence-corrected chi connectivity index (χ2v) is 15.2. The number of carboxylic acids is 1. The molecular formula is C41H62N4O6. The smallest absolute Gasteiger partial charge is 0.326 e. The summed E-state index contributed by atoms with van der Waals surface area (Å²) in [6.45, 7) is 12.3. The van der Waals surface area contributed by atoms with E-state index in [1.807, 2.05) is 102 Å². The number of ketones is 1. The van der Waals surface area contributed by atoms with Crippen LogP contribution in [0.15, 0.2) is 60.7 Å². The van der Waals surface area contributed by atoms with Crippen LogP contribution < -0.4 is 21.3 Å². The molecule has 0 aliphatic heterocycles. The molecule has 2 aromatic rings. The van der Waals surface area contributed by atoms with Crippen molar-refractivity contribution in [3.8, 4) is 0 Å². The molecule has 3 amide bonds. The fraction of sp³-hybridized carbons (Fsp3) is 0.585. The van der Waals surface area contributed by atoms with Gasteiger partial charge in [0.2, 0.25) is 17.7 Å². The zero-order valence-corrected chi connectivity index (χ0v) is 31.7. The number of carbonyl (C=O) groups is 5. The van der Waals surface area contributed by atoms with E-state index in [2.05, 4.69) is 21.3 Å². The molecule has 0 fully saturated rings. The van der Waals surface area contributed by atoms with Crippen LogP contribution in [0.2, 0.25) is 0 Å². The van der Waals surface area contributed by atoms with Crippen molar-refractivity contribution < 1.29 is 29.1 Å². The molecule has 2 rings (SSSR count). The number of carbonyl (C=O) groups excluding carboxylic acids is 4. The third kappa shape index (κ3) is 17.6. The first-order valence-corrected chi connectivity index (χ1v) is 18.6. The van der Waals surface area contributed by atoms with Gasteiger partial charge in [0, 0.05) is 36.8 Å². The number of unbranched alkanes of at least 4 members (excludes halogenated alkanes) is 4. The Labute approximate surface area is 305 Å². The fourth-order valence-corrected chi connectivity index (χ4v) is 5.69. The SMILES string of the molecule is CCC(C)(C)C(=O)CCCCCCC(=O)NCCCCC(NC(=O)C(Cc1ccccc1)NC(=O)C(Cc1ccccc1)NC(C)(C)C)C(=O)O. The third-order valence-corrected chi connectivity index (χ3v) is 9.17. The lowest BCUT2D eigenvalue weighted by atomic mass is 9.83. The van der Waals surface area contributed by atoms with Crippen LogP contribution in [0, 0.1) is 5.41 Å². The molecule has 0 aliphatic rings. The lowest BCUT2D eigenvalue weighted by Crippen LogP contribution is -2.58. The van der Waals surface area contributed by atoms with Crippen molar-refractivity contribution >= 4 is 29.5 Å². The van der Waals surface area contributed by atoms with Gasteiger partial charge >= 0.3 is 5.97 Å². The lowest BCUT2D eigenvalue weighted by Gasteiger charge is -2.30. The van der Waals surface area contributed by atoms with Gasteiger partial charge in [0.25, 0.3) is 0 Å². The predicted octanol–water partition coefficient (Wildman–Crippen LogP) is 5.92. The van der Waals surface area contributed by atoms with Crippen molar-refractivity contribution in [1.29, 1.82) is 0 Å². The van der Waals surface area contributed by atoms with Gasteiger partial charge in [0.15, 0.2) is 0 Å². The van der Waals surface area contributed by atoms with Crippen molar-refractivity contribution in [1.82, 2.24) is 21.3 Å². The van der Waals surface area contributed by atoms with Crippen LogP contribution >= 0.6 is 0 Å². The molecule has 3 unspecified atom stereocenters. The first-order chi connectivity index (χ1) is 24.1. The Morgan fingerprint density at radius 2 is 1.16 bits per heavy atom. The molecule has 0 aromatic heterocycles. The minimum atomic E-state index is -1.16. The zero-order valence-electron chi connectivity index (χ0n) is 31.7. The van der Waals surface area contributed by atoms with Gasteiger partial charge in [-0.2, -0.15) is 0 Å². The van der Waals surface area contributed by atoms with E-state index in [0.29, 0.717) is 44.4 Å². The summed E-state index contributed by atoms with van der Waals surface area (Å²) in [5.41, 5.74) is 1.15. The van der Waals surface area contributed by atoms with E-state index >= 15 is 0 Å². The highest BCUT2D eigenvalue weighted by Gasteiger charge is 2.31. The van der Waals surface area contributed by atoms with Crippen LogP contribution in [0.25, 0.3) is 0 Å². The number of benzene rings is 2. The van der Waals surface area contributed by atoms with Gasteiger partial charge in [-0.15, -0.1) is 0 Å². The summed E-state index contributed by atoms with van der Waals surface area (Å²) < 4.78 is 0. The summed E-state index contributed by atoms with van der Waals surface area (Å²) in [4.78, 5) is 64.0. The van der Waals surface area contributed by atoms with Gasteiger partial charge in [-0.25, -0.2) is 4.79 Å². The monoisotopic (exact) mass is 706 g/mol. The van der Waals surface area contributed by atoms with Gasteiger partial charge in [0.1, 0.15) is 17.9 Å². The number of hydrogen-bond acceptors (Lipinski definition) is 6. The molecule has 0 aliphatic carbocycles. The van der Waals surface area contributed by atoms with E-state index < -0.39 is 30.0 Å². The van der Waals surface area contributed by atoms with Crippen LogP contribution in [0.1, 0.15) is 117 Å². The highest BCUT2D eigenvalue weighted by molar-refractivity contribution is 5.92. The molecule has 10 heteroatoms. The number of amides is 3. The third-order valence-electron chi connectivity index (χ3n) is 9.17. The van der Waals surface area contributed by atoms with E-state index in [9.17, 15) is 29.1 Å². The van der Waals surface area contributed by atoms with Crippen LogP contribution in [-0.4, -0.2) is 64.8 Å². The van der Waals surface area contributed by atoms with E-state index in [1.165, 1.54) is 0 Å². The highest BCUT2D eigenvalue weighted by Crippen LogP contribution is 2.24. The molecule has 0 spiro atoms. The van der Waals surface area contributed by atoms with Crippen molar-refractivity contribution in [3.63, 3.8) is 0 Å². The molecule has 0 bridgehead atoms. The maximum absolute atomic E-state index is 13.7. The van der Waals surface area contributed by atoms with E-state index in [4.69, 9.17) is 0 Å². The van der Waals surface area contributed by atoms with Gasteiger partial charge in [-0.1, -0.05) is 94.3 Å². The summed E-state index contributed by atoms with van der Waals surface area (Å²) in [5.74, 6) is -1.83. The Morgan fingerprint density at radius 3 is 1.69 bits per heavy atom. The summed E-state index contributed by atoms with van der Waals surface area (Å²) in [6.07, 6.45) is 7.05. The van der Waals surface area contributed by atoms with Crippen LogP contribution in [-0.2, 0) is 36.8 Å². The van der Waals surface area contributed by atoms with Crippen LogP contribution in [0.4, 0.5) is 0 Å². The Kier molecular flexibility index (Phi) is 18.6. The number of Topliss-reactive ketones (excluding diaryl/α,β-unsaturated/α-hetero) is 1. The number of nitrogens with one attached hydrogen (secondary N) is 4. The van der Waals surface area contributed by atoms with E-state index in [1.54, 1.807) is 0 Å². The number of hydrogen-bond donors (Lipinski definition) is 5. The zero-order chi connectivity index (χ0) is 37.9. The standard InChI is InChI=1S/C41H62N4O6/c1-7-41(5,6)35(46)25-16-8-9-17-26-36(47)42-27-19-18-24-32(39(50)51)43-37(48)33(28-30-20-12-10-13-21-30)44-38(49)34(45-40(2,3)4)29-31-22-14-11-15-23-31/h10-15,20-23,32-34,45H,7-9,16-19,24-29H2,1-6H3,(H,42,47)(H,43,48)(H,44,49)(H,50,51). The molecule has 10 nitrogen and oxygen atoms in total. The second-order valence-electron chi connectivity index (χ2n) is 15.2. The predicted molar refractivity (Wildman–Crippen MR) is 202 cm³/mol. The minimum Gasteiger partial charge on any atom is -0.480 e. The van der Waals surface area contributed by atoms with Crippen molar-refractivity contribution in [2.45, 2.75) is 142 Å². The largest absolute Gasteiger partial charge is 0.480 e. The van der Waals surface area contributed by atoms with Gasteiger partial charge < -0.3 is 26.4 Å². The quantitative estimate of drug-likeness (QED) is 0.0851. The van der Waals surface area contributed by atoms with E-state index in [-0.39, 0.29) is 35.6 Å². The summed E-state index contributed by atoms with van der Waals surface area (Å²) in [5, 5.41) is 21.8. The highest BCUT2D eigenvalue weighted by atomic mass is 16.4. The number of carboxylic acid groups (broad SMARTS) is 1. The first kappa shape index (κ1) is 43.1. The average molecular weight is 707 g/mol. The Morgan fingerprint density at radius 1 is 0.647 bits per heavy atom. The minimum absolute atomic E-state index is 0.0488. The Hall–Kier alpha value is -4.05. The van der Waals surface area contributed by atoms with Crippen LogP contribution in [0.3, 0.4) is 0 Å². The average Bonchev–Trinajstić information content (AvgIpc) is 3.08. The molecule has 282 valence electrons. The second kappa shape index (κ2) is 22.0. The summed E-state index contributed by atoms with van der Waals surface area (Å²) in [7, 11) is 0. The van der Waals surface area contributed by atoms with E-state index in [0.717, 1.165) is 43.2 Å². The topological polar surface area (TPSA) is 154 Å². The van der Waals surface area contributed by atoms with Crippen molar-refractivity contribution in [2.75, 3.05) is 6.54 Å². The maximum atomic E-state index is 13.7. The number of rotatable bonds is 24. The summed E-state index contributed by atoms with van der Waals surface area (Å²) in [6, 6.07) is 16.2. The van der Waals surface area contributed by atoms with Gasteiger partial charge in [-0.05, 0) is 76.8 Å². The Balaban J connectivity index is 1.89. The van der Waals surface area contributed by atoms with Gasteiger partial charge in [0.05, 0.1) is 6.04 Å². The lowest BCUT2D eigenvalue weighted by molar-refractivity contribution is -0.142. The summed E-state index contributed by atoms with van der Waals surface area (Å²) >= 11 is 0. The van der Waals surface area contributed by atoms with Crippen molar-refractivity contribution in [3.05, 3.63) is 71.8 Å². The van der Waals surface area contributed by atoms with Crippen LogP contribution in [0.5, 0.6) is 0 Å². The molecule has 0 radical (unpaired) electrons. The molecule has 2 aromatic carbocycles. The molecule has 5 N–H and O–H groups in total. The molecule has 3 atom stereocenters. The van der Waals surface area contributed by atoms with Gasteiger partial charge in [-0.3, -0.25) is 19.2 Å². The first-order valence-electron chi connectivity index (χ1n) is 18.6. The normalized spacial score (nSPS) is 13.5. The molecule has 0 saturated heterocycles.